The molecule has 118 valence electrons. The zero-order valence-electron chi connectivity index (χ0n) is 13.5. The van der Waals surface area contributed by atoms with E-state index in [0.717, 1.165) is 17.3 Å². The van der Waals surface area contributed by atoms with Crippen LogP contribution in [0.2, 0.25) is 0 Å². The minimum atomic E-state index is -0.886. The molecule has 22 heavy (non-hydrogen) atoms. The van der Waals surface area contributed by atoms with Crippen LogP contribution >= 0.6 is 0 Å². The number of aromatic nitrogens is 1. The van der Waals surface area contributed by atoms with Crippen LogP contribution in [0.5, 0.6) is 0 Å². The maximum atomic E-state index is 12.4. The highest BCUT2D eigenvalue weighted by molar-refractivity contribution is 6.06. The number of nitrogens with one attached hydrogen (secondary N) is 1. The summed E-state index contributed by atoms with van der Waals surface area (Å²) in [5.74, 6) is 0.356. The first-order chi connectivity index (χ1) is 10.4. The number of benzene rings is 1. The van der Waals surface area contributed by atoms with Crippen LogP contribution in [0.3, 0.4) is 0 Å². The molecular weight excluding hydrogens is 276 g/mol. The van der Waals surface area contributed by atoms with Gasteiger partial charge in [-0.2, -0.15) is 0 Å². The van der Waals surface area contributed by atoms with Gasteiger partial charge in [0.25, 0.3) is 5.91 Å². The fourth-order valence-corrected chi connectivity index (χ4v) is 2.36. The fourth-order valence-electron chi connectivity index (χ4n) is 2.36. The topological polar surface area (TPSA) is 62.2 Å². The third-order valence-electron chi connectivity index (χ3n) is 3.78. The van der Waals surface area contributed by atoms with Crippen molar-refractivity contribution in [1.82, 2.24) is 10.3 Å². The Kier molecular flexibility index (Phi) is 5.14. The van der Waals surface area contributed by atoms with Crippen LogP contribution in [-0.2, 0) is 0 Å². The molecule has 0 bridgehead atoms. The fraction of sp³-hybridized carbons (Fsp3) is 0.444. The van der Waals surface area contributed by atoms with Crippen molar-refractivity contribution in [2.24, 2.45) is 5.92 Å². The van der Waals surface area contributed by atoms with Gasteiger partial charge in [-0.15, -0.1) is 0 Å². The van der Waals surface area contributed by atoms with Crippen LogP contribution < -0.4 is 5.32 Å². The first-order valence-electron chi connectivity index (χ1n) is 7.73. The van der Waals surface area contributed by atoms with Gasteiger partial charge in [0.15, 0.2) is 0 Å². The highest BCUT2D eigenvalue weighted by Gasteiger charge is 2.22. The summed E-state index contributed by atoms with van der Waals surface area (Å²) >= 11 is 0. The molecule has 4 heteroatoms. The van der Waals surface area contributed by atoms with Crippen molar-refractivity contribution in [2.45, 2.75) is 39.2 Å². The lowest BCUT2D eigenvalue weighted by Gasteiger charge is -2.24. The molecular formula is C18H24N2O2. The van der Waals surface area contributed by atoms with Gasteiger partial charge in [0.05, 0.1) is 11.1 Å². The molecule has 0 fully saturated rings. The van der Waals surface area contributed by atoms with E-state index in [1.807, 2.05) is 24.3 Å². The molecule has 0 aliphatic heterocycles. The van der Waals surface area contributed by atoms with E-state index in [-0.39, 0.29) is 12.5 Å². The van der Waals surface area contributed by atoms with Crippen molar-refractivity contribution < 1.29 is 9.90 Å². The summed E-state index contributed by atoms with van der Waals surface area (Å²) in [5, 5.41) is 14.0. The van der Waals surface area contributed by atoms with E-state index < -0.39 is 5.60 Å². The number of amides is 1. The van der Waals surface area contributed by atoms with E-state index >= 15 is 0 Å². The molecule has 1 amide bonds. The first-order valence-corrected chi connectivity index (χ1v) is 7.73. The smallest absolute Gasteiger partial charge is 0.252 e. The molecule has 2 N–H and O–H groups in total. The number of hydrogen-bond acceptors (Lipinski definition) is 3. The van der Waals surface area contributed by atoms with E-state index in [9.17, 15) is 9.90 Å². The number of pyridine rings is 1. The molecule has 0 saturated heterocycles. The number of aliphatic hydroxyl groups is 1. The van der Waals surface area contributed by atoms with Crippen molar-refractivity contribution in [3.05, 3.63) is 42.1 Å². The molecule has 1 aromatic carbocycles. The van der Waals surface area contributed by atoms with Gasteiger partial charge < -0.3 is 10.4 Å². The molecule has 1 heterocycles. The van der Waals surface area contributed by atoms with Gasteiger partial charge in [-0.3, -0.25) is 9.78 Å². The van der Waals surface area contributed by atoms with Crippen LogP contribution in [0.4, 0.5) is 0 Å². The Labute approximate surface area is 131 Å². The minimum absolute atomic E-state index is 0.177. The number of carbonyl (C=O) groups excluding carboxylic acids is 1. The minimum Gasteiger partial charge on any atom is -0.388 e. The van der Waals surface area contributed by atoms with Gasteiger partial charge in [-0.1, -0.05) is 26.0 Å². The molecule has 0 saturated carbocycles. The Morgan fingerprint density at radius 1 is 1.32 bits per heavy atom. The molecule has 2 aromatic rings. The lowest BCUT2D eigenvalue weighted by molar-refractivity contribution is 0.0429. The van der Waals surface area contributed by atoms with Gasteiger partial charge in [0, 0.05) is 23.7 Å². The third kappa shape index (κ3) is 4.28. The lowest BCUT2D eigenvalue weighted by atomic mass is 9.95. The van der Waals surface area contributed by atoms with Crippen molar-refractivity contribution in [2.75, 3.05) is 6.54 Å². The van der Waals surface area contributed by atoms with Gasteiger partial charge in [-0.25, -0.2) is 0 Å². The lowest BCUT2D eigenvalue weighted by Crippen LogP contribution is -2.40. The quantitative estimate of drug-likeness (QED) is 0.861. The molecule has 0 spiro atoms. The van der Waals surface area contributed by atoms with Crippen LogP contribution in [0, 0.1) is 5.92 Å². The summed E-state index contributed by atoms with van der Waals surface area (Å²) in [4.78, 5) is 16.6. The molecule has 1 aromatic heterocycles. The number of hydrogen-bond donors (Lipinski definition) is 2. The zero-order chi connectivity index (χ0) is 16.2. The van der Waals surface area contributed by atoms with Crippen LogP contribution in [0.15, 0.2) is 36.5 Å². The Balaban J connectivity index is 2.05. The second-order valence-electron chi connectivity index (χ2n) is 6.49. The van der Waals surface area contributed by atoms with Crippen LogP contribution in [0.25, 0.3) is 10.9 Å². The van der Waals surface area contributed by atoms with Crippen molar-refractivity contribution in [3.63, 3.8) is 0 Å². The van der Waals surface area contributed by atoms with E-state index in [0.29, 0.717) is 17.9 Å². The maximum Gasteiger partial charge on any atom is 0.252 e. The van der Waals surface area contributed by atoms with E-state index in [1.165, 1.54) is 0 Å². The summed E-state index contributed by atoms with van der Waals surface area (Å²) < 4.78 is 0. The van der Waals surface area contributed by atoms with Crippen molar-refractivity contribution in [3.8, 4) is 0 Å². The molecule has 0 radical (unpaired) electrons. The van der Waals surface area contributed by atoms with Gasteiger partial charge in [0.1, 0.15) is 0 Å². The molecule has 4 nitrogen and oxygen atoms in total. The Morgan fingerprint density at radius 2 is 2.09 bits per heavy atom. The summed E-state index contributed by atoms with van der Waals surface area (Å²) in [6.07, 6.45) is 3.31. The number of fused-ring (bicyclic) bond motifs is 1. The number of rotatable bonds is 6. The average Bonchev–Trinajstić information content (AvgIpc) is 2.50. The normalized spacial score (nSPS) is 14.0. The Morgan fingerprint density at radius 3 is 2.82 bits per heavy atom. The highest BCUT2D eigenvalue weighted by atomic mass is 16.3. The average molecular weight is 300 g/mol. The molecule has 0 aliphatic rings. The zero-order valence-corrected chi connectivity index (χ0v) is 13.5. The van der Waals surface area contributed by atoms with Crippen molar-refractivity contribution >= 4 is 16.8 Å². The van der Waals surface area contributed by atoms with Gasteiger partial charge in [-0.05, 0) is 43.9 Å². The molecule has 1 atom stereocenters. The number of carbonyl (C=O) groups is 1. The van der Waals surface area contributed by atoms with E-state index in [1.54, 1.807) is 19.2 Å². The van der Waals surface area contributed by atoms with E-state index in [2.05, 4.69) is 24.1 Å². The SMILES string of the molecule is CC(C)CCC(C)(O)CNC(=O)c1cccc2ncccc12. The molecule has 1 unspecified atom stereocenters. The monoisotopic (exact) mass is 300 g/mol. The second kappa shape index (κ2) is 6.88. The van der Waals surface area contributed by atoms with Crippen molar-refractivity contribution in [1.29, 1.82) is 0 Å². The summed E-state index contributed by atoms with van der Waals surface area (Å²) in [6.45, 7) is 6.26. The molecule has 0 aliphatic carbocycles. The number of nitrogens with zero attached hydrogens (tertiary/aromatic N) is 1. The van der Waals surface area contributed by atoms with Gasteiger partial charge in [0.2, 0.25) is 0 Å². The first kappa shape index (κ1) is 16.4. The van der Waals surface area contributed by atoms with Crippen LogP contribution in [0.1, 0.15) is 44.0 Å². The highest BCUT2D eigenvalue weighted by Crippen LogP contribution is 2.18. The Hall–Kier alpha value is -1.94. The predicted molar refractivity (Wildman–Crippen MR) is 88.8 cm³/mol. The second-order valence-corrected chi connectivity index (χ2v) is 6.49. The third-order valence-corrected chi connectivity index (χ3v) is 3.78. The largest absolute Gasteiger partial charge is 0.388 e. The van der Waals surface area contributed by atoms with E-state index in [4.69, 9.17) is 0 Å². The summed E-state index contributed by atoms with van der Waals surface area (Å²) in [6, 6.07) is 9.18. The maximum absolute atomic E-state index is 12.4. The van der Waals surface area contributed by atoms with Gasteiger partial charge >= 0.3 is 0 Å². The summed E-state index contributed by atoms with van der Waals surface area (Å²) in [7, 11) is 0. The predicted octanol–water partition coefficient (Wildman–Crippen LogP) is 3.15. The van der Waals surface area contributed by atoms with Crippen LogP contribution in [-0.4, -0.2) is 28.1 Å². The Bertz CT molecular complexity index is 645. The molecule has 2 rings (SSSR count). The summed E-state index contributed by atoms with van der Waals surface area (Å²) in [5.41, 5.74) is 0.495. The standard InChI is InChI=1S/C18H24N2O2/c1-13(2)9-10-18(3,22)12-20-17(21)15-6-4-8-16-14(15)7-5-11-19-16/h4-8,11,13,22H,9-10,12H2,1-3H3,(H,20,21).